The Labute approximate surface area is 190 Å². The van der Waals surface area contributed by atoms with Crippen molar-refractivity contribution < 1.29 is 23.5 Å². The van der Waals surface area contributed by atoms with Crippen LogP contribution in [0.2, 0.25) is 0 Å². The molecule has 0 spiro atoms. The first-order valence-corrected chi connectivity index (χ1v) is 10.3. The van der Waals surface area contributed by atoms with Crippen LogP contribution in [-0.4, -0.2) is 17.8 Å². The number of imide groups is 2. The Hall–Kier alpha value is -4.26. The molecular formula is C26H21FN2O4. The van der Waals surface area contributed by atoms with Gasteiger partial charge >= 0.3 is 6.03 Å². The lowest BCUT2D eigenvalue weighted by Gasteiger charge is -2.26. The highest BCUT2D eigenvalue weighted by Crippen LogP contribution is 2.25. The standard InChI is InChI=1S/C26H21FN2O4/c1-16-7-10-20(13-17(16)2)29-25(31)22(24(30)28-26(29)32)14-18-8-11-21(12-9-18)33-15-19-5-3-4-6-23(19)27/h3-14H,15H2,1-2H3,(H,28,30,32)/b22-14+. The highest BCUT2D eigenvalue weighted by Gasteiger charge is 2.36. The summed E-state index contributed by atoms with van der Waals surface area (Å²) < 4.78 is 19.3. The van der Waals surface area contributed by atoms with Crippen LogP contribution in [0.15, 0.2) is 72.3 Å². The van der Waals surface area contributed by atoms with Crippen LogP contribution in [-0.2, 0) is 16.2 Å². The number of anilines is 1. The number of ether oxygens (including phenoxy) is 1. The molecule has 1 heterocycles. The number of nitrogens with zero attached hydrogens (tertiary/aromatic N) is 1. The summed E-state index contributed by atoms with van der Waals surface area (Å²) in [6.07, 6.45) is 1.42. The summed E-state index contributed by atoms with van der Waals surface area (Å²) in [6, 6.07) is 17.4. The van der Waals surface area contributed by atoms with Gasteiger partial charge in [-0.1, -0.05) is 36.4 Å². The van der Waals surface area contributed by atoms with Crippen molar-refractivity contribution in [3.05, 3.63) is 100 Å². The monoisotopic (exact) mass is 444 g/mol. The molecule has 1 saturated heterocycles. The molecule has 0 aliphatic carbocycles. The Morgan fingerprint density at radius 3 is 2.36 bits per heavy atom. The molecule has 1 aliphatic heterocycles. The molecule has 0 radical (unpaired) electrons. The van der Waals surface area contributed by atoms with Crippen molar-refractivity contribution in [3.63, 3.8) is 0 Å². The second-order valence-electron chi connectivity index (χ2n) is 7.68. The minimum Gasteiger partial charge on any atom is -0.489 e. The predicted octanol–water partition coefficient (Wildman–Crippen LogP) is 4.69. The third-order valence-electron chi connectivity index (χ3n) is 5.39. The molecular weight excluding hydrogens is 423 g/mol. The number of halogens is 1. The van der Waals surface area contributed by atoms with Gasteiger partial charge in [0.05, 0.1) is 5.69 Å². The highest BCUT2D eigenvalue weighted by atomic mass is 19.1. The maximum Gasteiger partial charge on any atom is 0.335 e. The topological polar surface area (TPSA) is 75.7 Å². The van der Waals surface area contributed by atoms with Crippen LogP contribution in [0.4, 0.5) is 14.9 Å². The molecule has 1 fully saturated rings. The molecule has 0 atom stereocenters. The van der Waals surface area contributed by atoms with Gasteiger partial charge in [-0.25, -0.2) is 14.1 Å². The molecule has 6 nitrogen and oxygen atoms in total. The van der Waals surface area contributed by atoms with E-state index in [0.29, 0.717) is 22.6 Å². The van der Waals surface area contributed by atoms with Gasteiger partial charge in [0.1, 0.15) is 23.7 Å². The zero-order valence-corrected chi connectivity index (χ0v) is 18.1. The minimum absolute atomic E-state index is 0.0705. The molecule has 0 aromatic heterocycles. The van der Waals surface area contributed by atoms with E-state index in [0.717, 1.165) is 16.0 Å². The van der Waals surface area contributed by atoms with E-state index in [-0.39, 0.29) is 18.0 Å². The molecule has 0 saturated carbocycles. The summed E-state index contributed by atoms with van der Waals surface area (Å²) in [5.74, 6) is -1.30. The zero-order chi connectivity index (χ0) is 23.5. The largest absolute Gasteiger partial charge is 0.489 e. The minimum atomic E-state index is -0.790. The molecule has 0 unspecified atom stereocenters. The van der Waals surface area contributed by atoms with Crippen LogP contribution in [0.25, 0.3) is 6.08 Å². The number of carbonyl (C=O) groups excluding carboxylic acids is 3. The smallest absolute Gasteiger partial charge is 0.335 e. The van der Waals surface area contributed by atoms with Gasteiger partial charge in [-0.15, -0.1) is 0 Å². The number of nitrogens with one attached hydrogen (secondary N) is 1. The second-order valence-corrected chi connectivity index (χ2v) is 7.68. The Morgan fingerprint density at radius 2 is 1.67 bits per heavy atom. The lowest BCUT2D eigenvalue weighted by molar-refractivity contribution is -0.122. The molecule has 1 N–H and O–H groups in total. The van der Waals surface area contributed by atoms with E-state index in [2.05, 4.69) is 5.32 Å². The number of aryl methyl sites for hydroxylation is 2. The van der Waals surface area contributed by atoms with E-state index in [9.17, 15) is 18.8 Å². The maximum absolute atomic E-state index is 13.7. The van der Waals surface area contributed by atoms with Gasteiger partial charge in [0, 0.05) is 5.56 Å². The average molecular weight is 444 g/mol. The fourth-order valence-corrected chi connectivity index (χ4v) is 3.36. The number of carbonyl (C=O) groups is 3. The van der Waals surface area contributed by atoms with Gasteiger partial charge in [-0.2, -0.15) is 0 Å². The third kappa shape index (κ3) is 4.67. The predicted molar refractivity (Wildman–Crippen MR) is 122 cm³/mol. The Balaban J connectivity index is 1.53. The van der Waals surface area contributed by atoms with E-state index < -0.39 is 17.8 Å². The van der Waals surface area contributed by atoms with Crippen molar-refractivity contribution in [2.75, 3.05) is 4.90 Å². The number of benzene rings is 3. The quantitative estimate of drug-likeness (QED) is 0.458. The molecule has 4 amide bonds. The van der Waals surface area contributed by atoms with E-state index in [1.165, 1.54) is 12.1 Å². The van der Waals surface area contributed by atoms with Crippen LogP contribution in [0.3, 0.4) is 0 Å². The van der Waals surface area contributed by atoms with Crippen LogP contribution in [0, 0.1) is 19.7 Å². The van der Waals surface area contributed by atoms with Crippen molar-refractivity contribution >= 4 is 29.6 Å². The Kier molecular flexibility index (Phi) is 6.04. The van der Waals surface area contributed by atoms with Crippen molar-refractivity contribution in [2.24, 2.45) is 0 Å². The fourth-order valence-electron chi connectivity index (χ4n) is 3.36. The van der Waals surface area contributed by atoms with Gasteiger partial charge in [-0.3, -0.25) is 14.9 Å². The maximum atomic E-state index is 13.7. The van der Waals surface area contributed by atoms with Gasteiger partial charge in [0.15, 0.2) is 0 Å². The van der Waals surface area contributed by atoms with E-state index in [4.69, 9.17) is 4.74 Å². The first-order valence-electron chi connectivity index (χ1n) is 10.3. The van der Waals surface area contributed by atoms with E-state index in [1.54, 1.807) is 54.6 Å². The molecule has 3 aromatic carbocycles. The summed E-state index contributed by atoms with van der Waals surface area (Å²) in [6.45, 7) is 3.87. The summed E-state index contributed by atoms with van der Waals surface area (Å²) >= 11 is 0. The van der Waals surface area contributed by atoms with Crippen LogP contribution in [0.1, 0.15) is 22.3 Å². The first kappa shape index (κ1) is 22.0. The number of urea groups is 1. The number of amides is 4. The SMILES string of the molecule is Cc1ccc(N2C(=O)NC(=O)/C(=C\c3ccc(OCc4ccccc4F)cc3)C2=O)cc1C. The highest BCUT2D eigenvalue weighted by molar-refractivity contribution is 6.39. The Morgan fingerprint density at radius 1 is 0.939 bits per heavy atom. The lowest BCUT2D eigenvalue weighted by Crippen LogP contribution is -2.54. The molecule has 0 bridgehead atoms. The third-order valence-corrected chi connectivity index (χ3v) is 5.39. The molecule has 1 aliphatic rings. The number of hydrogen-bond acceptors (Lipinski definition) is 4. The van der Waals surface area contributed by atoms with Gasteiger partial charge in [-0.05, 0) is 66.9 Å². The number of barbiturate groups is 1. The summed E-state index contributed by atoms with van der Waals surface area (Å²) in [5.41, 5.74) is 3.17. The van der Waals surface area contributed by atoms with Gasteiger partial charge in [0.25, 0.3) is 11.8 Å². The van der Waals surface area contributed by atoms with E-state index >= 15 is 0 Å². The molecule has 33 heavy (non-hydrogen) atoms. The van der Waals surface area contributed by atoms with Crippen LogP contribution < -0.4 is 15.0 Å². The normalized spacial score (nSPS) is 15.1. The number of rotatable bonds is 5. The van der Waals surface area contributed by atoms with E-state index in [1.807, 2.05) is 19.9 Å². The van der Waals surface area contributed by atoms with Crippen molar-refractivity contribution in [2.45, 2.75) is 20.5 Å². The molecule has 3 aromatic rings. The van der Waals surface area contributed by atoms with Gasteiger partial charge in [0.2, 0.25) is 0 Å². The lowest BCUT2D eigenvalue weighted by atomic mass is 10.1. The molecule has 166 valence electrons. The van der Waals surface area contributed by atoms with Crippen LogP contribution >= 0.6 is 0 Å². The number of hydrogen-bond donors (Lipinski definition) is 1. The Bertz CT molecular complexity index is 1280. The van der Waals surface area contributed by atoms with Crippen molar-refractivity contribution in [3.8, 4) is 5.75 Å². The second kappa shape index (κ2) is 9.08. The van der Waals surface area contributed by atoms with Gasteiger partial charge < -0.3 is 4.74 Å². The average Bonchev–Trinajstić information content (AvgIpc) is 2.79. The zero-order valence-electron chi connectivity index (χ0n) is 18.1. The molecule has 4 rings (SSSR count). The van der Waals surface area contributed by atoms with Crippen LogP contribution in [0.5, 0.6) is 5.75 Å². The van der Waals surface area contributed by atoms with Crippen molar-refractivity contribution in [1.82, 2.24) is 5.32 Å². The van der Waals surface area contributed by atoms with Crippen molar-refractivity contribution in [1.29, 1.82) is 0 Å². The fraction of sp³-hybridized carbons (Fsp3) is 0.115. The molecule has 7 heteroatoms. The first-order chi connectivity index (χ1) is 15.8. The summed E-state index contributed by atoms with van der Waals surface area (Å²) in [5, 5.41) is 2.22. The summed E-state index contributed by atoms with van der Waals surface area (Å²) in [4.78, 5) is 38.7. The summed E-state index contributed by atoms with van der Waals surface area (Å²) in [7, 11) is 0.